The minimum atomic E-state index is -4.11. The predicted molar refractivity (Wildman–Crippen MR) is 167 cm³/mol. The number of carbonyl (C=O) groups is 1. The Morgan fingerprint density at radius 3 is 2.36 bits per heavy atom. The summed E-state index contributed by atoms with van der Waals surface area (Å²) in [6.07, 6.45) is 10.8. The smallest absolute Gasteiger partial charge is 0.273 e. The molecule has 7 rings (SSSR count). The largest absolute Gasteiger partial charge is 0.319 e. The first-order valence-corrected chi connectivity index (χ1v) is 16.4. The Hall–Kier alpha value is -5.05. The van der Waals surface area contributed by atoms with Gasteiger partial charge in [0.05, 0.1) is 41.6 Å². The number of carbonyl (C=O) groups excluding carboxylic acids is 1. The number of aryl methyl sites for hydroxylation is 3. The molecule has 1 aromatic carbocycles. The lowest BCUT2D eigenvalue weighted by Gasteiger charge is -2.25. The van der Waals surface area contributed by atoms with E-state index in [-0.39, 0.29) is 17.4 Å². The average Bonchev–Trinajstić information content (AvgIpc) is 3.40. The Kier molecular flexibility index (Phi) is 6.91. The van der Waals surface area contributed by atoms with Crippen LogP contribution in [0.15, 0.2) is 36.8 Å². The maximum atomic E-state index is 13.9. The van der Waals surface area contributed by atoms with Gasteiger partial charge in [-0.1, -0.05) is 19.3 Å². The summed E-state index contributed by atoms with van der Waals surface area (Å²) < 4.78 is 28.9. The Morgan fingerprint density at radius 1 is 0.822 bits per heavy atom. The summed E-state index contributed by atoms with van der Waals surface area (Å²) in [5.74, 6) is 0.792. The fraction of sp³-hybridized carbons (Fsp3) is 0.333. The number of hydrogen-bond donors (Lipinski definition) is 0. The van der Waals surface area contributed by atoms with Crippen molar-refractivity contribution in [3.63, 3.8) is 0 Å². The minimum Gasteiger partial charge on any atom is -0.319 e. The number of fused-ring (bicyclic) bond motifs is 3. The molecular formula is C30H29N11O3S. The molecule has 0 aliphatic heterocycles. The van der Waals surface area contributed by atoms with Crippen molar-refractivity contribution in [2.75, 3.05) is 10.6 Å². The van der Waals surface area contributed by atoms with E-state index in [9.17, 15) is 13.2 Å². The van der Waals surface area contributed by atoms with E-state index in [0.29, 0.717) is 61.0 Å². The molecule has 1 aliphatic carbocycles. The molecule has 0 N–H and O–H groups in total. The third-order valence-electron chi connectivity index (χ3n) is 7.93. The molecule has 1 amide bonds. The second-order valence-electron chi connectivity index (χ2n) is 11.3. The lowest BCUT2D eigenvalue weighted by atomic mass is 9.95. The summed E-state index contributed by atoms with van der Waals surface area (Å²) in [7, 11) is -4.11. The van der Waals surface area contributed by atoms with E-state index in [4.69, 9.17) is 9.97 Å². The van der Waals surface area contributed by atoms with Crippen LogP contribution in [-0.4, -0.2) is 70.0 Å². The van der Waals surface area contributed by atoms with E-state index in [2.05, 4.69) is 39.5 Å². The molecule has 0 saturated heterocycles. The molecule has 0 radical (unpaired) electrons. The maximum absolute atomic E-state index is 13.9. The molecule has 1 saturated carbocycles. The molecule has 5 aromatic heterocycles. The summed E-state index contributed by atoms with van der Waals surface area (Å²) in [5.41, 5.74) is 4.21. The molecule has 1 aliphatic rings. The van der Waals surface area contributed by atoms with Crippen molar-refractivity contribution in [3.8, 4) is 11.5 Å². The zero-order valence-corrected chi connectivity index (χ0v) is 25.9. The zero-order chi connectivity index (χ0) is 31.5. The Labute approximate surface area is 258 Å². The topological polar surface area (TPSA) is 175 Å². The number of imidazole rings is 1. The minimum absolute atomic E-state index is 0.125. The Morgan fingerprint density at radius 2 is 1.58 bits per heavy atom. The van der Waals surface area contributed by atoms with Crippen molar-refractivity contribution in [1.29, 1.82) is 0 Å². The van der Waals surface area contributed by atoms with Gasteiger partial charge in [-0.05, 0) is 51.8 Å². The first kappa shape index (κ1) is 28.7. The van der Waals surface area contributed by atoms with Gasteiger partial charge in [-0.15, -0.1) is 0 Å². The van der Waals surface area contributed by atoms with Gasteiger partial charge in [-0.3, -0.25) is 4.79 Å². The van der Waals surface area contributed by atoms with Crippen LogP contribution >= 0.6 is 0 Å². The number of anilines is 1. The summed E-state index contributed by atoms with van der Waals surface area (Å²) in [6.45, 7) is 5.25. The van der Waals surface area contributed by atoms with E-state index in [1.807, 2.05) is 6.07 Å². The van der Waals surface area contributed by atoms with Crippen LogP contribution in [0, 0.1) is 20.8 Å². The van der Waals surface area contributed by atoms with Gasteiger partial charge < -0.3 is 4.57 Å². The highest BCUT2D eigenvalue weighted by atomic mass is 32.2. The van der Waals surface area contributed by atoms with E-state index in [1.165, 1.54) is 12.6 Å². The normalized spacial score (nSPS) is 14.4. The number of rotatable bonds is 5. The fourth-order valence-corrected chi connectivity index (χ4v) is 6.78. The highest BCUT2D eigenvalue weighted by Gasteiger charge is 2.30. The molecule has 6 aromatic rings. The van der Waals surface area contributed by atoms with Gasteiger partial charge in [0.2, 0.25) is 10.0 Å². The number of amides is 1. The van der Waals surface area contributed by atoms with Gasteiger partial charge in [0, 0.05) is 11.6 Å². The summed E-state index contributed by atoms with van der Waals surface area (Å²) >= 11 is 0. The predicted octanol–water partition coefficient (Wildman–Crippen LogP) is 4.21. The van der Waals surface area contributed by atoms with Crippen LogP contribution in [0.2, 0.25) is 0 Å². The third-order valence-corrected chi connectivity index (χ3v) is 8.95. The highest BCUT2D eigenvalue weighted by Crippen LogP contribution is 2.36. The molecular weight excluding hydrogens is 594 g/mol. The van der Waals surface area contributed by atoms with Crippen LogP contribution in [0.4, 0.5) is 5.82 Å². The Balaban J connectivity index is 1.35. The van der Waals surface area contributed by atoms with Gasteiger partial charge in [-0.2, -0.15) is 4.31 Å². The van der Waals surface area contributed by atoms with Crippen LogP contribution < -0.4 is 4.31 Å². The van der Waals surface area contributed by atoms with Crippen LogP contribution in [0.25, 0.3) is 44.9 Å². The molecule has 45 heavy (non-hydrogen) atoms. The summed E-state index contributed by atoms with van der Waals surface area (Å²) in [5, 5.41) is 0. The molecule has 0 atom stereocenters. The first-order valence-electron chi connectivity index (χ1n) is 14.6. The molecule has 1 fully saturated rings. The maximum Gasteiger partial charge on any atom is 0.273 e. The standard InChI is InChI=1S/C30H29N11O3S/c1-16-26-28(36-18(3)34-16)33-15-25(39-26)41(45(4,43)44)30(42)19-10-11-24-21(12-19)38-29(40(24)20-8-6-5-7-9-20)23-14-32-27-22(37-23)13-31-17(2)35-27/h10-15,20H,5-9H2,1-4H3. The lowest BCUT2D eigenvalue weighted by molar-refractivity contribution is 0.100. The lowest BCUT2D eigenvalue weighted by Crippen LogP contribution is -2.37. The molecule has 0 spiro atoms. The monoisotopic (exact) mass is 623 g/mol. The van der Waals surface area contributed by atoms with E-state index < -0.39 is 15.9 Å². The van der Waals surface area contributed by atoms with Gasteiger partial charge in [-0.25, -0.2) is 53.3 Å². The molecule has 0 bridgehead atoms. The average molecular weight is 624 g/mol. The van der Waals surface area contributed by atoms with Gasteiger partial charge in [0.1, 0.15) is 28.4 Å². The van der Waals surface area contributed by atoms with Crippen LogP contribution in [-0.2, 0) is 10.0 Å². The van der Waals surface area contributed by atoms with Crippen molar-refractivity contribution < 1.29 is 13.2 Å². The van der Waals surface area contributed by atoms with Gasteiger partial charge in [0.15, 0.2) is 22.9 Å². The fourth-order valence-electron chi connectivity index (χ4n) is 5.95. The molecule has 228 valence electrons. The van der Waals surface area contributed by atoms with Gasteiger partial charge >= 0.3 is 0 Å². The zero-order valence-electron chi connectivity index (χ0n) is 25.1. The number of nitrogens with zero attached hydrogens (tertiary/aromatic N) is 11. The quantitative estimate of drug-likeness (QED) is 0.268. The second kappa shape index (κ2) is 10.8. The van der Waals surface area contributed by atoms with E-state index in [0.717, 1.165) is 37.5 Å². The van der Waals surface area contributed by atoms with E-state index >= 15 is 0 Å². The van der Waals surface area contributed by atoms with Crippen molar-refractivity contribution in [2.45, 2.75) is 58.9 Å². The van der Waals surface area contributed by atoms with Crippen LogP contribution in [0.5, 0.6) is 0 Å². The van der Waals surface area contributed by atoms with Crippen molar-refractivity contribution in [3.05, 3.63) is 59.7 Å². The van der Waals surface area contributed by atoms with Crippen molar-refractivity contribution >= 4 is 55.1 Å². The van der Waals surface area contributed by atoms with Crippen molar-refractivity contribution in [1.82, 2.24) is 49.4 Å². The highest BCUT2D eigenvalue weighted by molar-refractivity contribution is 7.92. The summed E-state index contributed by atoms with van der Waals surface area (Å²) in [6, 6.07) is 5.21. The number of hydrogen-bond acceptors (Lipinski definition) is 12. The molecule has 14 nitrogen and oxygen atoms in total. The van der Waals surface area contributed by atoms with Crippen molar-refractivity contribution in [2.24, 2.45) is 0 Å². The SMILES string of the molecule is Cc1ncc2nc(-c3nc4cc(C(=O)N(c5cnc6nc(C)nc(C)c6n5)S(C)(=O)=O)ccc4n3C3CCCCC3)cnc2n1. The van der Waals surface area contributed by atoms with E-state index in [1.54, 1.807) is 45.3 Å². The van der Waals surface area contributed by atoms with Crippen LogP contribution in [0.1, 0.15) is 65.8 Å². The summed E-state index contributed by atoms with van der Waals surface area (Å²) in [4.78, 5) is 54.1. The number of benzene rings is 1. The second-order valence-corrected chi connectivity index (χ2v) is 13.1. The Bertz CT molecular complexity index is 2260. The molecule has 5 heterocycles. The molecule has 15 heteroatoms. The van der Waals surface area contributed by atoms with Crippen LogP contribution in [0.3, 0.4) is 0 Å². The third kappa shape index (κ3) is 5.22. The molecule has 0 unspecified atom stereocenters. The van der Waals surface area contributed by atoms with Gasteiger partial charge in [0.25, 0.3) is 5.91 Å². The number of sulfonamides is 1. The number of aromatic nitrogens is 10. The first-order chi connectivity index (χ1) is 21.6.